The summed E-state index contributed by atoms with van der Waals surface area (Å²) in [6.07, 6.45) is 6.27. The van der Waals surface area contributed by atoms with E-state index < -0.39 is 0 Å². The number of rotatable bonds is 6. The number of likely N-dealkylation sites (tertiary alicyclic amines) is 1. The van der Waals surface area contributed by atoms with Crippen molar-refractivity contribution in [1.82, 2.24) is 15.5 Å². The maximum atomic E-state index is 9.73. The molecule has 27 heavy (non-hydrogen) atoms. The van der Waals surface area contributed by atoms with E-state index in [0.29, 0.717) is 12.1 Å². The molecule has 1 saturated carbocycles. The second-order valence-corrected chi connectivity index (χ2v) is 9.10. The van der Waals surface area contributed by atoms with Gasteiger partial charge in [0.05, 0.1) is 18.7 Å². The number of aliphatic hydroxyl groups excluding tert-OH is 1. The first-order valence-corrected chi connectivity index (χ1v) is 11.5. The van der Waals surface area contributed by atoms with Crippen LogP contribution >= 0.6 is 11.3 Å². The first-order chi connectivity index (χ1) is 13.2. The molecule has 1 unspecified atom stereocenters. The summed E-state index contributed by atoms with van der Waals surface area (Å²) >= 11 is 1.85. The summed E-state index contributed by atoms with van der Waals surface area (Å²) in [6, 6.07) is 5.20. The van der Waals surface area contributed by atoms with Gasteiger partial charge in [0.2, 0.25) is 0 Å². The van der Waals surface area contributed by atoms with Gasteiger partial charge in [0.15, 0.2) is 5.96 Å². The molecule has 5 nitrogen and oxygen atoms in total. The van der Waals surface area contributed by atoms with Crippen molar-refractivity contribution in [2.45, 2.75) is 70.6 Å². The number of piperidine rings is 1. The minimum absolute atomic E-state index is 0.118. The molecular weight excluding hydrogens is 356 g/mol. The Morgan fingerprint density at radius 2 is 2.00 bits per heavy atom. The fourth-order valence-electron chi connectivity index (χ4n) is 4.12. The van der Waals surface area contributed by atoms with Gasteiger partial charge in [-0.3, -0.25) is 9.89 Å². The van der Waals surface area contributed by atoms with Gasteiger partial charge in [-0.2, -0.15) is 0 Å². The molecule has 1 saturated heterocycles. The van der Waals surface area contributed by atoms with Crippen LogP contribution in [0.5, 0.6) is 0 Å². The molecular formula is C21H36N4OS. The van der Waals surface area contributed by atoms with E-state index in [1.807, 2.05) is 11.3 Å². The second-order valence-electron chi connectivity index (χ2n) is 8.12. The van der Waals surface area contributed by atoms with Gasteiger partial charge < -0.3 is 15.7 Å². The average molecular weight is 393 g/mol. The summed E-state index contributed by atoms with van der Waals surface area (Å²) in [4.78, 5) is 9.02. The monoisotopic (exact) mass is 392 g/mol. The Bertz CT molecular complexity index is 561. The van der Waals surface area contributed by atoms with Crippen LogP contribution in [-0.4, -0.2) is 54.3 Å². The molecule has 6 heteroatoms. The number of hydrogen-bond donors (Lipinski definition) is 3. The predicted molar refractivity (Wildman–Crippen MR) is 114 cm³/mol. The van der Waals surface area contributed by atoms with Gasteiger partial charge in [-0.05, 0) is 75.9 Å². The summed E-state index contributed by atoms with van der Waals surface area (Å²) < 4.78 is 0. The lowest BCUT2D eigenvalue weighted by Crippen LogP contribution is -2.46. The van der Waals surface area contributed by atoms with Crippen LogP contribution in [0.4, 0.5) is 0 Å². The average Bonchev–Trinajstić information content (AvgIpc) is 3.20. The highest BCUT2D eigenvalue weighted by atomic mass is 32.1. The molecule has 0 amide bonds. The van der Waals surface area contributed by atoms with Crippen molar-refractivity contribution in [1.29, 1.82) is 0 Å². The topological polar surface area (TPSA) is 59.9 Å². The number of aliphatic hydroxyl groups is 1. The highest BCUT2D eigenvalue weighted by Gasteiger charge is 2.26. The van der Waals surface area contributed by atoms with Crippen molar-refractivity contribution >= 4 is 17.3 Å². The predicted octanol–water partition coefficient (Wildman–Crippen LogP) is 3.38. The van der Waals surface area contributed by atoms with Gasteiger partial charge in [0.1, 0.15) is 0 Å². The maximum absolute atomic E-state index is 9.73. The van der Waals surface area contributed by atoms with Crippen LogP contribution in [-0.2, 0) is 0 Å². The van der Waals surface area contributed by atoms with Gasteiger partial charge in [-0.1, -0.05) is 13.0 Å². The van der Waals surface area contributed by atoms with Crippen molar-refractivity contribution in [3.05, 3.63) is 22.4 Å². The first kappa shape index (κ1) is 20.6. The quantitative estimate of drug-likeness (QED) is 0.513. The van der Waals surface area contributed by atoms with Crippen LogP contribution in [0.15, 0.2) is 22.5 Å². The largest absolute Gasteiger partial charge is 0.393 e. The SMILES string of the molecule is CCNC(=NCC(c1cccs1)N1CCC(C)CC1)NC1CCC(O)CC1. The Kier molecular flexibility index (Phi) is 7.97. The molecule has 0 bridgehead atoms. The van der Waals surface area contributed by atoms with E-state index >= 15 is 0 Å². The Labute approximate surface area is 168 Å². The Morgan fingerprint density at radius 3 is 2.63 bits per heavy atom. The van der Waals surface area contributed by atoms with Crippen LogP contribution in [0, 0.1) is 5.92 Å². The van der Waals surface area contributed by atoms with Crippen LogP contribution in [0.1, 0.15) is 63.3 Å². The summed E-state index contributed by atoms with van der Waals surface area (Å²) in [7, 11) is 0. The van der Waals surface area contributed by atoms with Crippen molar-refractivity contribution in [3.8, 4) is 0 Å². The highest BCUT2D eigenvalue weighted by molar-refractivity contribution is 7.10. The fourth-order valence-corrected chi connectivity index (χ4v) is 4.97. The summed E-state index contributed by atoms with van der Waals surface area (Å²) in [5, 5.41) is 18.9. The van der Waals surface area contributed by atoms with Crippen molar-refractivity contribution < 1.29 is 5.11 Å². The number of nitrogens with zero attached hydrogens (tertiary/aromatic N) is 2. The molecule has 0 spiro atoms. The molecule has 1 aromatic rings. The molecule has 2 aliphatic rings. The number of hydrogen-bond acceptors (Lipinski definition) is 4. The molecule has 1 aliphatic heterocycles. The molecule has 152 valence electrons. The van der Waals surface area contributed by atoms with E-state index in [0.717, 1.165) is 50.7 Å². The van der Waals surface area contributed by atoms with Gasteiger partial charge in [0, 0.05) is 17.5 Å². The lowest BCUT2D eigenvalue weighted by atomic mass is 9.93. The number of nitrogens with one attached hydrogen (secondary N) is 2. The van der Waals surface area contributed by atoms with Gasteiger partial charge >= 0.3 is 0 Å². The summed E-state index contributed by atoms with van der Waals surface area (Å²) in [5.74, 6) is 1.76. The highest BCUT2D eigenvalue weighted by Crippen LogP contribution is 2.29. The van der Waals surface area contributed by atoms with Gasteiger partial charge in [0.25, 0.3) is 0 Å². The molecule has 3 N–H and O–H groups in total. The third-order valence-corrected chi connectivity index (χ3v) is 6.91. The third kappa shape index (κ3) is 6.19. The Morgan fingerprint density at radius 1 is 1.26 bits per heavy atom. The van der Waals surface area contributed by atoms with Gasteiger partial charge in [-0.15, -0.1) is 11.3 Å². The van der Waals surface area contributed by atoms with E-state index in [1.54, 1.807) is 0 Å². The van der Waals surface area contributed by atoms with E-state index in [4.69, 9.17) is 4.99 Å². The van der Waals surface area contributed by atoms with E-state index in [1.165, 1.54) is 30.8 Å². The molecule has 1 aliphatic carbocycles. The molecule has 2 fully saturated rings. The molecule has 2 heterocycles. The molecule has 0 aromatic carbocycles. The van der Waals surface area contributed by atoms with E-state index in [2.05, 4.69) is 46.9 Å². The van der Waals surface area contributed by atoms with Crippen molar-refractivity contribution in [2.24, 2.45) is 10.9 Å². The number of thiophene rings is 1. The third-order valence-electron chi connectivity index (χ3n) is 5.93. The zero-order chi connectivity index (χ0) is 19.1. The minimum Gasteiger partial charge on any atom is -0.393 e. The lowest BCUT2D eigenvalue weighted by Gasteiger charge is -2.36. The normalized spacial score (nSPS) is 26.7. The zero-order valence-electron chi connectivity index (χ0n) is 16.9. The maximum Gasteiger partial charge on any atom is 0.191 e. The van der Waals surface area contributed by atoms with Crippen LogP contribution in [0.25, 0.3) is 0 Å². The number of guanidine groups is 1. The van der Waals surface area contributed by atoms with Crippen LogP contribution in [0.3, 0.4) is 0 Å². The molecule has 0 radical (unpaired) electrons. The fraction of sp³-hybridized carbons (Fsp3) is 0.762. The molecule has 1 aromatic heterocycles. The number of aliphatic imine (C=N–C) groups is 1. The molecule has 1 atom stereocenters. The van der Waals surface area contributed by atoms with E-state index in [9.17, 15) is 5.11 Å². The first-order valence-electron chi connectivity index (χ1n) is 10.7. The van der Waals surface area contributed by atoms with Crippen LogP contribution in [0.2, 0.25) is 0 Å². The summed E-state index contributed by atoms with van der Waals surface area (Å²) in [6.45, 7) is 8.48. The Hall–Kier alpha value is -1.11. The van der Waals surface area contributed by atoms with E-state index in [-0.39, 0.29) is 6.10 Å². The lowest BCUT2D eigenvalue weighted by molar-refractivity contribution is 0.120. The zero-order valence-corrected chi connectivity index (χ0v) is 17.7. The van der Waals surface area contributed by atoms with Crippen molar-refractivity contribution in [3.63, 3.8) is 0 Å². The molecule has 3 rings (SSSR count). The van der Waals surface area contributed by atoms with Crippen LogP contribution < -0.4 is 10.6 Å². The summed E-state index contributed by atoms with van der Waals surface area (Å²) in [5.41, 5.74) is 0. The van der Waals surface area contributed by atoms with Crippen molar-refractivity contribution in [2.75, 3.05) is 26.2 Å². The Balaban J connectivity index is 1.64. The standard InChI is InChI=1S/C21H36N4OS/c1-3-22-21(24-17-6-8-18(26)9-7-17)23-15-19(20-5-4-14-27-20)25-12-10-16(2)11-13-25/h4-5,14,16-19,26H,3,6-13,15H2,1-2H3,(H2,22,23,24). The second kappa shape index (κ2) is 10.4. The smallest absolute Gasteiger partial charge is 0.191 e. The van der Waals surface area contributed by atoms with Gasteiger partial charge in [-0.25, -0.2) is 0 Å². The minimum atomic E-state index is -0.118.